The van der Waals surface area contributed by atoms with Crippen molar-refractivity contribution in [3.63, 3.8) is 0 Å². The lowest BCUT2D eigenvalue weighted by Gasteiger charge is -1.85. The molecule has 1 aromatic heterocycles. The maximum atomic E-state index is 10.6. The van der Waals surface area contributed by atoms with E-state index in [2.05, 4.69) is 4.98 Å². The summed E-state index contributed by atoms with van der Waals surface area (Å²) in [7, 11) is 0. The second-order valence-electron chi connectivity index (χ2n) is 1.77. The molecule has 48 valence electrons. The Morgan fingerprint density at radius 1 is 1.67 bits per heavy atom. The molecule has 0 spiro atoms. The molecule has 1 N–H and O–H groups in total. The number of Topliss-reactive ketones (excluding diaryl/α,β-unsaturated/α-hetero) is 1. The largest absolute Gasteiger partial charge is 0.366 e. The van der Waals surface area contributed by atoms with E-state index in [1.165, 1.54) is 6.92 Å². The van der Waals surface area contributed by atoms with E-state index in [1.54, 1.807) is 12.4 Å². The number of H-pyrrole nitrogens is 1. The van der Waals surface area contributed by atoms with Crippen LogP contribution in [0.2, 0.25) is 5.02 Å². The van der Waals surface area contributed by atoms with Gasteiger partial charge in [0.1, 0.15) is 0 Å². The standard InChI is InChI=1S/C6H6ClNO/c1-4(9)5-2-8-3-6(5)7/h2-3,8H,1H3. The molecule has 0 unspecified atom stereocenters. The van der Waals surface area contributed by atoms with Crippen LogP contribution in [0.15, 0.2) is 12.4 Å². The van der Waals surface area contributed by atoms with Crippen molar-refractivity contribution in [1.82, 2.24) is 4.98 Å². The van der Waals surface area contributed by atoms with Crippen LogP contribution in [0.4, 0.5) is 0 Å². The van der Waals surface area contributed by atoms with E-state index in [0.29, 0.717) is 10.6 Å². The summed E-state index contributed by atoms with van der Waals surface area (Å²) in [6.07, 6.45) is 3.17. The van der Waals surface area contributed by atoms with Crippen LogP contribution in [0.5, 0.6) is 0 Å². The van der Waals surface area contributed by atoms with Crippen LogP contribution in [-0.2, 0) is 0 Å². The zero-order valence-electron chi connectivity index (χ0n) is 4.94. The lowest BCUT2D eigenvalue weighted by atomic mass is 10.2. The smallest absolute Gasteiger partial charge is 0.162 e. The average Bonchev–Trinajstić information content (AvgIpc) is 2.13. The molecule has 2 nitrogen and oxygen atoms in total. The van der Waals surface area contributed by atoms with Crippen LogP contribution in [-0.4, -0.2) is 10.8 Å². The van der Waals surface area contributed by atoms with Crippen molar-refractivity contribution < 1.29 is 4.79 Å². The predicted molar refractivity (Wildman–Crippen MR) is 35.8 cm³/mol. The summed E-state index contributed by atoms with van der Waals surface area (Å²) >= 11 is 5.58. The topological polar surface area (TPSA) is 32.9 Å². The molecule has 1 rings (SSSR count). The molecule has 3 heteroatoms. The number of aromatic amines is 1. The van der Waals surface area contributed by atoms with Gasteiger partial charge in [-0.2, -0.15) is 0 Å². The maximum Gasteiger partial charge on any atom is 0.162 e. The van der Waals surface area contributed by atoms with E-state index < -0.39 is 0 Å². The molecule has 0 aliphatic rings. The van der Waals surface area contributed by atoms with Crippen LogP contribution in [0.1, 0.15) is 17.3 Å². The summed E-state index contributed by atoms with van der Waals surface area (Å²) in [5, 5.41) is 0.488. The highest BCUT2D eigenvalue weighted by molar-refractivity contribution is 6.33. The number of rotatable bonds is 1. The molecule has 0 aliphatic heterocycles. The second kappa shape index (κ2) is 2.23. The average molecular weight is 144 g/mol. The van der Waals surface area contributed by atoms with Gasteiger partial charge in [-0.15, -0.1) is 0 Å². The van der Waals surface area contributed by atoms with Gasteiger partial charge in [-0.25, -0.2) is 0 Å². The fraction of sp³-hybridized carbons (Fsp3) is 0.167. The van der Waals surface area contributed by atoms with Crippen molar-refractivity contribution in [3.8, 4) is 0 Å². The molecule has 0 amide bonds. The Balaban J connectivity index is 3.08. The van der Waals surface area contributed by atoms with Crippen LogP contribution in [0.25, 0.3) is 0 Å². The van der Waals surface area contributed by atoms with Crippen molar-refractivity contribution in [2.75, 3.05) is 0 Å². The molecule has 0 bridgehead atoms. The van der Waals surface area contributed by atoms with Gasteiger partial charge in [-0.3, -0.25) is 4.79 Å². The molecular formula is C6H6ClNO. The first kappa shape index (κ1) is 6.36. The van der Waals surface area contributed by atoms with Crippen molar-refractivity contribution in [2.24, 2.45) is 0 Å². The van der Waals surface area contributed by atoms with E-state index in [0.717, 1.165) is 0 Å². The van der Waals surface area contributed by atoms with Gasteiger partial charge in [0.15, 0.2) is 5.78 Å². The summed E-state index contributed by atoms with van der Waals surface area (Å²) in [5.41, 5.74) is 0.552. The van der Waals surface area contributed by atoms with Crippen LogP contribution in [0, 0.1) is 0 Å². The number of halogens is 1. The molecule has 1 aromatic rings. The molecule has 0 radical (unpaired) electrons. The first-order valence-electron chi connectivity index (χ1n) is 2.55. The number of hydrogen-bond donors (Lipinski definition) is 1. The number of aromatic nitrogens is 1. The zero-order chi connectivity index (χ0) is 6.85. The Morgan fingerprint density at radius 3 is 2.56 bits per heavy atom. The lowest BCUT2D eigenvalue weighted by Crippen LogP contribution is -1.87. The molecule has 0 atom stereocenters. The Bertz CT molecular complexity index is 229. The van der Waals surface area contributed by atoms with Crippen molar-refractivity contribution >= 4 is 17.4 Å². The number of ketones is 1. The predicted octanol–water partition coefficient (Wildman–Crippen LogP) is 1.87. The van der Waals surface area contributed by atoms with Gasteiger partial charge >= 0.3 is 0 Å². The molecule has 0 aromatic carbocycles. The van der Waals surface area contributed by atoms with Crippen molar-refractivity contribution in [3.05, 3.63) is 23.0 Å². The summed E-state index contributed by atoms with van der Waals surface area (Å²) in [6, 6.07) is 0. The van der Waals surface area contributed by atoms with Gasteiger partial charge in [-0.1, -0.05) is 11.6 Å². The highest BCUT2D eigenvalue weighted by Gasteiger charge is 2.03. The quantitative estimate of drug-likeness (QED) is 0.599. The van der Waals surface area contributed by atoms with Gasteiger partial charge in [0.25, 0.3) is 0 Å². The summed E-state index contributed by atoms with van der Waals surface area (Å²) < 4.78 is 0. The highest BCUT2D eigenvalue weighted by atomic mass is 35.5. The first-order chi connectivity index (χ1) is 4.22. The van der Waals surface area contributed by atoms with E-state index >= 15 is 0 Å². The van der Waals surface area contributed by atoms with E-state index in [9.17, 15) is 4.79 Å². The fourth-order valence-electron chi connectivity index (χ4n) is 0.615. The van der Waals surface area contributed by atoms with Gasteiger partial charge in [-0.05, 0) is 6.92 Å². The van der Waals surface area contributed by atoms with Crippen LogP contribution in [0.3, 0.4) is 0 Å². The van der Waals surface area contributed by atoms with E-state index in [-0.39, 0.29) is 5.78 Å². The second-order valence-corrected chi connectivity index (χ2v) is 2.18. The zero-order valence-corrected chi connectivity index (χ0v) is 5.70. The van der Waals surface area contributed by atoms with E-state index in [4.69, 9.17) is 11.6 Å². The number of nitrogens with one attached hydrogen (secondary N) is 1. The van der Waals surface area contributed by atoms with Crippen LogP contribution >= 0.6 is 11.6 Å². The minimum atomic E-state index is -0.0127. The summed E-state index contributed by atoms with van der Waals surface area (Å²) in [5.74, 6) is -0.0127. The van der Waals surface area contributed by atoms with Gasteiger partial charge in [0.05, 0.1) is 10.6 Å². The Morgan fingerprint density at radius 2 is 2.33 bits per heavy atom. The number of hydrogen-bond acceptors (Lipinski definition) is 1. The molecule has 9 heavy (non-hydrogen) atoms. The molecule has 0 aliphatic carbocycles. The van der Waals surface area contributed by atoms with Gasteiger partial charge in [0, 0.05) is 12.4 Å². The van der Waals surface area contributed by atoms with Gasteiger partial charge in [0.2, 0.25) is 0 Å². The molecule has 1 heterocycles. The Labute approximate surface area is 57.8 Å². The lowest BCUT2D eigenvalue weighted by molar-refractivity contribution is 0.101. The summed E-state index contributed by atoms with van der Waals surface area (Å²) in [6.45, 7) is 1.48. The minimum Gasteiger partial charge on any atom is -0.366 e. The third-order valence-electron chi connectivity index (χ3n) is 1.07. The normalized spacial score (nSPS) is 9.56. The molecule has 0 fully saturated rings. The molecular weight excluding hydrogens is 138 g/mol. The SMILES string of the molecule is CC(=O)c1c[nH]cc1Cl. The van der Waals surface area contributed by atoms with Gasteiger partial charge < -0.3 is 4.98 Å². The third-order valence-corrected chi connectivity index (χ3v) is 1.39. The Kier molecular flexibility index (Phi) is 1.58. The third kappa shape index (κ3) is 1.13. The number of carbonyl (C=O) groups is 1. The van der Waals surface area contributed by atoms with Crippen molar-refractivity contribution in [1.29, 1.82) is 0 Å². The molecule has 0 saturated heterocycles. The van der Waals surface area contributed by atoms with E-state index in [1.807, 2.05) is 0 Å². The first-order valence-corrected chi connectivity index (χ1v) is 2.93. The molecule has 0 saturated carbocycles. The van der Waals surface area contributed by atoms with Crippen LogP contribution < -0.4 is 0 Å². The minimum absolute atomic E-state index is 0.0127. The van der Waals surface area contributed by atoms with Crippen molar-refractivity contribution in [2.45, 2.75) is 6.92 Å². The summed E-state index contributed by atoms with van der Waals surface area (Å²) in [4.78, 5) is 13.3. The monoisotopic (exact) mass is 143 g/mol. The number of carbonyl (C=O) groups excluding carboxylic acids is 1. The fourth-order valence-corrected chi connectivity index (χ4v) is 0.865. The Hall–Kier alpha value is -0.760. The highest BCUT2D eigenvalue weighted by Crippen LogP contribution is 2.13. The maximum absolute atomic E-state index is 10.6.